The highest BCUT2D eigenvalue weighted by Gasteiger charge is 2.24. The Morgan fingerprint density at radius 3 is 2.96 bits per heavy atom. The highest BCUT2D eigenvalue weighted by Crippen LogP contribution is 2.26. The van der Waals surface area contributed by atoms with E-state index in [2.05, 4.69) is 15.1 Å². The van der Waals surface area contributed by atoms with Crippen molar-refractivity contribution in [3.05, 3.63) is 29.5 Å². The second-order valence-electron chi connectivity index (χ2n) is 6.68. The summed E-state index contributed by atoms with van der Waals surface area (Å²) in [5.74, 6) is 1.34. The van der Waals surface area contributed by atoms with Crippen LogP contribution in [0.15, 0.2) is 16.9 Å². The van der Waals surface area contributed by atoms with E-state index in [0.717, 1.165) is 60.8 Å². The van der Waals surface area contributed by atoms with Gasteiger partial charge in [-0.25, -0.2) is 9.97 Å². The minimum absolute atomic E-state index is 0.159. The molecule has 2 aromatic rings. The van der Waals surface area contributed by atoms with Gasteiger partial charge in [0.1, 0.15) is 12.1 Å². The molecule has 0 aliphatic carbocycles. The number of carbonyl (C=O) groups excluding carboxylic acids is 1. The molecule has 1 atom stereocenters. The van der Waals surface area contributed by atoms with Gasteiger partial charge in [-0.05, 0) is 45.1 Å². The molecular weight excluding hydrogens is 318 g/mol. The van der Waals surface area contributed by atoms with Crippen LogP contribution in [0.25, 0.3) is 11.3 Å². The molecule has 0 aromatic carbocycles. The standard InChI is InChI=1S/C18H25N5O2/c1-12-18(13(2)25-22-12)16-9-15(20-11-21-16)8-14-4-3-7-23(10-14)17(24)5-6-19/h9,11,14H,3-8,10,19H2,1-2H3. The molecule has 1 unspecified atom stereocenters. The molecule has 0 saturated carbocycles. The fourth-order valence-corrected chi connectivity index (χ4v) is 3.53. The summed E-state index contributed by atoms with van der Waals surface area (Å²) in [6, 6.07) is 2.01. The Balaban J connectivity index is 1.71. The zero-order valence-corrected chi connectivity index (χ0v) is 14.9. The molecule has 0 radical (unpaired) electrons. The second kappa shape index (κ2) is 7.74. The van der Waals surface area contributed by atoms with Crippen LogP contribution >= 0.6 is 0 Å². The molecule has 134 valence electrons. The lowest BCUT2D eigenvalue weighted by Crippen LogP contribution is -2.41. The van der Waals surface area contributed by atoms with Gasteiger partial charge in [-0.15, -0.1) is 0 Å². The smallest absolute Gasteiger partial charge is 0.223 e. The van der Waals surface area contributed by atoms with Crippen molar-refractivity contribution in [3.8, 4) is 11.3 Å². The van der Waals surface area contributed by atoms with E-state index in [-0.39, 0.29) is 5.91 Å². The Morgan fingerprint density at radius 2 is 2.24 bits per heavy atom. The lowest BCUT2D eigenvalue weighted by Gasteiger charge is -2.32. The molecule has 1 aliphatic heterocycles. The van der Waals surface area contributed by atoms with E-state index >= 15 is 0 Å². The minimum atomic E-state index is 0.159. The van der Waals surface area contributed by atoms with Gasteiger partial charge in [0.05, 0.1) is 17.0 Å². The van der Waals surface area contributed by atoms with Crippen molar-refractivity contribution in [2.24, 2.45) is 11.7 Å². The normalized spacial score (nSPS) is 17.7. The number of piperidine rings is 1. The Bertz CT molecular complexity index is 723. The van der Waals surface area contributed by atoms with Crippen molar-refractivity contribution in [1.29, 1.82) is 0 Å². The molecule has 1 aliphatic rings. The lowest BCUT2D eigenvalue weighted by molar-refractivity contribution is -0.132. The van der Waals surface area contributed by atoms with Gasteiger partial charge < -0.3 is 15.2 Å². The number of aryl methyl sites for hydroxylation is 2. The van der Waals surface area contributed by atoms with Crippen LogP contribution in [-0.4, -0.2) is 45.6 Å². The number of hydrogen-bond acceptors (Lipinski definition) is 6. The number of nitrogens with two attached hydrogens (primary N) is 1. The van der Waals surface area contributed by atoms with E-state index in [1.807, 2.05) is 24.8 Å². The van der Waals surface area contributed by atoms with Gasteiger partial charge in [0.15, 0.2) is 0 Å². The van der Waals surface area contributed by atoms with Crippen LogP contribution in [0.2, 0.25) is 0 Å². The van der Waals surface area contributed by atoms with Crippen LogP contribution in [0, 0.1) is 19.8 Å². The van der Waals surface area contributed by atoms with E-state index in [4.69, 9.17) is 10.3 Å². The molecular formula is C18H25N5O2. The number of likely N-dealkylation sites (tertiary alicyclic amines) is 1. The molecule has 7 heteroatoms. The summed E-state index contributed by atoms with van der Waals surface area (Å²) >= 11 is 0. The third-order valence-corrected chi connectivity index (χ3v) is 4.74. The van der Waals surface area contributed by atoms with E-state index in [9.17, 15) is 4.79 Å². The van der Waals surface area contributed by atoms with Gasteiger partial charge >= 0.3 is 0 Å². The summed E-state index contributed by atoms with van der Waals surface area (Å²) in [7, 11) is 0. The maximum atomic E-state index is 12.1. The SMILES string of the molecule is Cc1noc(C)c1-c1cc(CC2CCCN(C(=O)CCN)C2)ncn1. The van der Waals surface area contributed by atoms with E-state index in [0.29, 0.717) is 18.9 Å². The van der Waals surface area contributed by atoms with Gasteiger partial charge in [0.25, 0.3) is 0 Å². The van der Waals surface area contributed by atoms with Crippen molar-refractivity contribution in [2.45, 2.75) is 39.5 Å². The summed E-state index contributed by atoms with van der Waals surface area (Å²) in [6.07, 6.45) is 5.00. The molecule has 2 N–H and O–H groups in total. The lowest BCUT2D eigenvalue weighted by atomic mass is 9.92. The average molecular weight is 343 g/mol. The van der Waals surface area contributed by atoms with Crippen LogP contribution in [-0.2, 0) is 11.2 Å². The summed E-state index contributed by atoms with van der Waals surface area (Å²) in [5, 5.41) is 3.99. The molecule has 3 heterocycles. The van der Waals surface area contributed by atoms with Crippen LogP contribution in [0.1, 0.15) is 36.4 Å². The summed E-state index contributed by atoms with van der Waals surface area (Å²) in [5.41, 5.74) is 9.10. The number of aromatic nitrogens is 3. The predicted molar refractivity (Wildman–Crippen MR) is 93.7 cm³/mol. The third-order valence-electron chi connectivity index (χ3n) is 4.74. The maximum Gasteiger partial charge on any atom is 0.223 e. The second-order valence-corrected chi connectivity index (χ2v) is 6.68. The molecule has 1 fully saturated rings. The molecule has 25 heavy (non-hydrogen) atoms. The number of rotatable bonds is 5. The van der Waals surface area contributed by atoms with Crippen LogP contribution in [0.3, 0.4) is 0 Å². The van der Waals surface area contributed by atoms with Crippen LogP contribution in [0.4, 0.5) is 0 Å². The molecule has 1 amide bonds. The zero-order chi connectivity index (χ0) is 17.8. The minimum Gasteiger partial charge on any atom is -0.361 e. The zero-order valence-electron chi connectivity index (χ0n) is 14.9. The Labute approximate surface area is 147 Å². The Morgan fingerprint density at radius 1 is 1.40 bits per heavy atom. The first kappa shape index (κ1) is 17.5. The predicted octanol–water partition coefficient (Wildman–Crippen LogP) is 1.88. The first-order chi connectivity index (χ1) is 12.1. The Hall–Kier alpha value is -2.28. The highest BCUT2D eigenvalue weighted by molar-refractivity contribution is 5.76. The third kappa shape index (κ3) is 4.04. The summed E-state index contributed by atoms with van der Waals surface area (Å²) in [4.78, 5) is 22.8. The Kier molecular flexibility index (Phi) is 5.43. The maximum absolute atomic E-state index is 12.1. The molecule has 7 nitrogen and oxygen atoms in total. The van der Waals surface area contributed by atoms with Crippen molar-refractivity contribution in [2.75, 3.05) is 19.6 Å². The van der Waals surface area contributed by atoms with Crippen LogP contribution < -0.4 is 5.73 Å². The number of nitrogens with zero attached hydrogens (tertiary/aromatic N) is 4. The largest absolute Gasteiger partial charge is 0.361 e. The summed E-state index contributed by atoms with van der Waals surface area (Å²) < 4.78 is 5.24. The number of amides is 1. The topological polar surface area (TPSA) is 98.1 Å². The highest BCUT2D eigenvalue weighted by atomic mass is 16.5. The van der Waals surface area contributed by atoms with Crippen LogP contribution in [0.5, 0.6) is 0 Å². The molecule has 0 bridgehead atoms. The first-order valence-electron chi connectivity index (χ1n) is 8.80. The first-order valence-corrected chi connectivity index (χ1v) is 8.80. The molecule has 3 rings (SSSR count). The van der Waals surface area contributed by atoms with E-state index in [1.165, 1.54) is 0 Å². The molecule has 0 spiro atoms. The van der Waals surface area contributed by atoms with E-state index in [1.54, 1.807) is 6.33 Å². The van der Waals surface area contributed by atoms with Crippen molar-refractivity contribution in [1.82, 2.24) is 20.0 Å². The number of hydrogen-bond donors (Lipinski definition) is 1. The van der Waals surface area contributed by atoms with Crippen molar-refractivity contribution < 1.29 is 9.32 Å². The van der Waals surface area contributed by atoms with Gasteiger partial charge in [-0.2, -0.15) is 0 Å². The fourth-order valence-electron chi connectivity index (χ4n) is 3.53. The van der Waals surface area contributed by atoms with Crippen molar-refractivity contribution in [3.63, 3.8) is 0 Å². The average Bonchev–Trinajstić information content (AvgIpc) is 2.94. The van der Waals surface area contributed by atoms with Gasteiger partial charge in [0, 0.05) is 31.7 Å². The van der Waals surface area contributed by atoms with Gasteiger partial charge in [0.2, 0.25) is 5.91 Å². The molecule has 1 saturated heterocycles. The van der Waals surface area contributed by atoms with Gasteiger partial charge in [-0.3, -0.25) is 4.79 Å². The summed E-state index contributed by atoms with van der Waals surface area (Å²) in [6.45, 7) is 5.83. The quantitative estimate of drug-likeness (QED) is 0.890. The fraction of sp³-hybridized carbons (Fsp3) is 0.556. The molecule has 2 aromatic heterocycles. The monoisotopic (exact) mass is 343 g/mol. The van der Waals surface area contributed by atoms with E-state index < -0.39 is 0 Å². The van der Waals surface area contributed by atoms with Crippen molar-refractivity contribution >= 4 is 5.91 Å². The number of carbonyl (C=O) groups is 1. The van der Waals surface area contributed by atoms with Gasteiger partial charge in [-0.1, -0.05) is 5.16 Å².